The van der Waals surface area contributed by atoms with Crippen molar-refractivity contribution in [2.45, 2.75) is 43.9 Å². The van der Waals surface area contributed by atoms with E-state index in [-0.39, 0.29) is 11.8 Å². The van der Waals surface area contributed by atoms with Crippen molar-refractivity contribution in [3.8, 4) is 11.5 Å². The molecule has 41 heavy (non-hydrogen) atoms. The Balaban J connectivity index is 1.15. The summed E-state index contributed by atoms with van der Waals surface area (Å²) < 4.78 is 5.93. The molecule has 0 radical (unpaired) electrons. The van der Waals surface area contributed by atoms with Gasteiger partial charge in [0.05, 0.1) is 0 Å². The average molecular weight is 546 g/mol. The lowest BCUT2D eigenvalue weighted by molar-refractivity contribution is -0.162. The van der Waals surface area contributed by atoms with Crippen molar-refractivity contribution in [3.05, 3.63) is 132 Å². The van der Waals surface area contributed by atoms with Gasteiger partial charge >= 0.3 is 0 Å². The monoisotopic (exact) mass is 545 g/mol. The number of benzene rings is 4. The second kappa shape index (κ2) is 12.0. The van der Waals surface area contributed by atoms with Gasteiger partial charge in [-0.2, -0.15) is 0 Å². The Morgan fingerprint density at radius 3 is 1.83 bits per heavy atom. The number of para-hydroxylation sites is 1. The minimum absolute atomic E-state index is 0.000221. The fraction of sp³-hybridized carbons (Fsp3) is 0.257. The molecule has 4 aromatic carbocycles. The number of ether oxygens (including phenoxy) is 1. The van der Waals surface area contributed by atoms with E-state index >= 15 is 0 Å². The van der Waals surface area contributed by atoms with Gasteiger partial charge in [0.1, 0.15) is 23.1 Å². The average Bonchev–Trinajstić information content (AvgIpc) is 3.02. The minimum atomic E-state index is -0.843. The summed E-state index contributed by atoms with van der Waals surface area (Å²) >= 11 is 0. The Morgan fingerprint density at radius 2 is 1.20 bits per heavy atom. The molecule has 0 aromatic heterocycles. The third-order valence-electron chi connectivity index (χ3n) is 8.27. The number of nitrogens with one attached hydrogen (secondary N) is 1. The zero-order valence-electron chi connectivity index (χ0n) is 23.1. The molecule has 0 aliphatic carbocycles. The van der Waals surface area contributed by atoms with E-state index in [0.717, 1.165) is 42.3 Å². The van der Waals surface area contributed by atoms with E-state index in [2.05, 4.69) is 22.3 Å². The Hall–Kier alpha value is -4.42. The molecule has 2 fully saturated rings. The summed E-state index contributed by atoms with van der Waals surface area (Å²) in [5.41, 5.74) is 2.42. The van der Waals surface area contributed by atoms with E-state index in [9.17, 15) is 9.59 Å². The first-order valence-electron chi connectivity index (χ1n) is 14.3. The first-order chi connectivity index (χ1) is 20.1. The van der Waals surface area contributed by atoms with Crippen LogP contribution >= 0.6 is 0 Å². The lowest BCUT2D eigenvalue weighted by atomic mass is 9.80. The maximum atomic E-state index is 14.0. The van der Waals surface area contributed by atoms with Gasteiger partial charge < -0.3 is 15.0 Å². The number of amides is 2. The molecule has 4 aromatic rings. The zero-order chi connectivity index (χ0) is 28.1. The number of hydrogen-bond donors (Lipinski definition) is 1. The van der Waals surface area contributed by atoms with E-state index in [1.165, 1.54) is 5.56 Å². The molecule has 2 aliphatic rings. The number of carbonyl (C=O) groups excluding carboxylic acids is 2. The molecule has 1 atom stereocenters. The molecular weight excluding hydrogens is 510 g/mol. The molecule has 2 saturated heterocycles. The molecule has 6 rings (SSSR count). The highest BCUT2D eigenvalue weighted by Crippen LogP contribution is 2.35. The smallest absolute Gasteiger partial charge is 0.246 e. The minimum Gasteiger partial charge on any atom is -0.457 e. The summed E-state index contributed by atoms with van der Waals surface area (Å²) in [4.78, 5) is 32.1. The van der Waals surface area contributed by atoms with E-state index in [1.54, 1.807) is 0 Å². The van der Waals surface area contributed by atoms with Crippen molar-refractivity contribution < 1.29 is 14.3 Å². The van der Waals surface area contributed by atoms with Gasteiger partial charge in [-0.15, -0.1) is 0 Å². The molecule has 6 nitrogen and oxygen atoms in total. The predicted molar refractivity (Wildman–Crippen MR) is 159 cm³/mol. The highest BCUT2D eigenvalue weighted by Gasteiger charge is 2.53. The third-order valence-corrected chi connectivity index (χ3v) is 8.27. The lowest BCUT2D eigenvalue weighted by Crippen LogP contribution is -2.72. The van der Waals surface area contributed by atoms with Crippen LogP contribution in [0.3, 0.4) is 0 Å². The van der Waals surface area contributed by atoms with Crippen molar-refractivity contribution in [2.75, 3.05) is 13.1 Å². The molecule has 2 heterocycles. The molecule has 1 unspecified atom stereocenters. The van der Waals surface area contributed by atoms with Gasteiger partial charge in [0.2, 0.25) is 11.8 Å². The highest BCUT2D eigenvalue weighted by atomic mass is 16.5. The van der Waals surface area contributed by atoms with Crippen molar-refractivity contribution in [1.82, 2.24) is 15.1 Å². The summed E-state index contributed by atoms with van der Waals surface area (Å²) in [6.45, 7) is 2.68. The van der Waals surface area contributed by atoms with Crippen molar-refractivity contribution in [1.29, 1.82) is 0 Å². The van der Waals surface area contributed by atoms with Gasteiger partial charge in [0.15, 0.2) is 0 Å². The molecule has 1 N–H and O–H groups in total. The SMILES string of the molecule is O=C1C(Cc2ccccc2)NC(=O)C2(CCN(Cc3ccc(Oc4ccccc4)cc3)CC2)N1Cc1ccccc1. The normalized spacial score (nSPS) is 18.7. The topological polar surface area (TPSA) is 61.9 Å². The highest BCUT2D eigenvalue weighted by molar-refractivity contribution is 6.00. The number of rotatable bonds is 8. The van der Waals surface area contributed by atoms with Crippen LogP contribution in [0.5, 0.6) is 11.5 Å². The fourth-order valence-corrected chi connectivity index (χ4v) is 5.98. The van der Waals surface area contributed by atoms with Crippen LogP contribution in [0.2, 0.25) is 0 Å². The molecule has 208 valence electrons. The number of hydrogen-bond acceptors (Lipinski definition) is 4. The summed E-state index contributed by atoms with van der Waals surface area (Å²) in [5.74, 6) is 1.58. The van der Waals surface area contributed by atoms with Gasteiger partial charge in [0, 0.05) is 32.6 Å². The first-order valence-corrected chi connectivity index (χ1v) is 14.3. The number of nitrogens with zero attached hydrogens (tertiary/aromatic N) is 2. The zero-order valence-corrected chi connectivity index (χ0v) is 23.1. The molecule has 0 saturated carbocycles. The fourth-order valence-electron chi connectivity index (χ4n) is 5.98. The Morgan fingerprint density at radius 1 is 0.659 bits per heavy atom. The second-order valence-electron chi connectivity index (χ2n) is 11.0. The Labute approximate surface area is 241 Å². The molecule has 2 amide bonds. The predicted octanol–water partition coefficient (Wildman–Crippen LogP) is 5.58. The van der Waals surface area contributed by atoms with Crippen LogP contribution in [0.1, 0.15) is 29.5 Å². The number of piperidine rings is 1. The van der Waals surface area contributed by atoms with E-state index in [4.69, 9.17) is 4.74 Å². The summed E-state index contributed by atoms with van der Waals surface area (Å²) in [6.07, 6.45) is 1.69. The standard InChI is InChI=1S/C35H35N3O3/c39-33-32(24-27-10-4-1-5-11-27)36-34(40)35(38(33)26-28-12-6-2-7-13-28)20-22-37(23-21-35)25-29-16-18-31(19-17-29)41-30-14-8-3-9-15-30/h1-19,32H,20-26H2,(H,36,40). The Bertz CT molecular complexity index is 1450. The maximum Gasteiger partial charge on any atom is 0.246 e. The lowest BCUT2D eigenvalue weighted by Gasteiger charge is -2.51. The molecule has 1 spiro atoms. The van der Waals surface area contributed by atoms with Crippen LogP contribution in [0, 0.1) is 0 Å². The second-order valence-corrected chi connectivity index (χ2v) is 11.0. The first kappa shape index (κ1) is 26.8. The van der Waals surface area contributed by atoms with E-state index < -0.39 is 11.6 Å². The molecular formula is C35H35N3O3. The van der Waals surface area contributed by atoms with E-state index in [1.807, 2.05) is 108 Å². The van der Waals surface area contributed by atoms with Crippen LogP contribution in [0.15, 0.2) is 115 Å². The summed E-state index contributed by atoms with van der Waals surface area (Å²) in [7, 11) is 0. The van der Waals surface area contributed by atoms with Crippen molar-refractivity contribution in [2.24, 2.45) is 0 Å². The number of carbonyl (C=O) groups is 2. The molecule has 2 aliphatic heterocycles. The Kier molecular flexibility index (Phi) is 7.83. The van der Waals surface area contributed by atoms with Crippen LogP contribution in [0.4, 0.5) is 0 Å². The van der Waals surface area contributed by atoms with Crippen LogP contribution < -0.4 is 10.1 Å². The third kappa shape index (κ3) is 6.03. The molecule has 0 bridgehead atoms. The van der Waals surface area contributed by atoms with Crippen molar-refractivity contribution in [3.63, 3.8) is 0 Å². The quantitative estimate of drug-likeness (QED) is 0.314. The number of piperazine rings is 1. The maximum absolute atomic E-state index is 14.0. The van der Waals surface area contributed by atoms with Crippen molar-refractivity contribution >= 4 is 11.8 Å². The van der Waals surface area contributed by atoms with Gasteiger partial charge in [-0.3, -0.25) is 14.5 Å². The van der Waals surface area contributed by atoms with Gasteiger partial charge in [-0.1, -0.05) is 91.0 Å². The number of likely N-dealkylation sites (tertiary alicyclic amines) is 1. The van der Waals surface area contributed by atoms with Crippen LogP contribution in [-0.2, 0) is 29.1 Å². The van der Waals surface area contributed by atoms with Crippen LogP contribution in [0.25, 0.3) is 0 Å². The van der Waals surface area contributed by atoms with Gasteiger partial charge in [-0.25, -0.2) is 0 Å². The molecule has 6 heteroatoms. The summed E-state index contributed by atoms with van der Waals surface area (Å²) in [5, 5.41) is 3.12. The van der Waals surface area contributed by atoms with Gasteiger partial charge in [-0.05, 0) is 53.8 Å². The van der Waals surface area contributed by atoms with Gasteiger partial charge in [0.25, 0.3) is 0 Å². The largest absolute Gasteiger partial charge is 0.457 e. The van der Waals surface area contributed by atoms with E-state index in [0.29, 0.717) is 25.8 Å². The van der Waals surface area contributed by atoms with Crippen LogP contribution in [-0.4, -0.2) is 46.3 Å². The summed E-state index contributed by atoms with van der Waals surface area (Å²) in [6, 6.07) is 37.3.